The van der Waals surface area contributed by atoms with E-state index in [-0.39, 0.29) is 17.0 Å². The van der Waals surface area contributed by atoms with Crippen molar-refractivity contribution in [3.63, 3.8) is 0 Å². The van der Waals surface area contributed by atoms with Crippen LogP contribution in [0.1, 0.15) is 54.2 Å². The summed E-state index contributed by atoms with van der Waals surface area (Å²) in [7, 11) is 0. The summed E-state index contributed by atoms with van der Waals surface area (Å²) in [5.41, 5.74) is -0.356. The number of alkyl halides is 3. The van der Waals surface area contributed by atoms with Crippen molar-refractivity contribution < 1.29 is 22.4 Å². The number of hydrogen-bond donors (Lipinski definition) is 0. The number of piperidine rings is 1. The monoisotopic (exact) mass is 449 g/mol. The van der Waals surface area contributed by atoms with Crippen LogP contribution < -0.4 is 0 Å². The molecule has 0 unspecified atom stereocenters. The lowest BCUT2D eigenvalue weighted by atomic mass is 9.99. The highest BCUT2D eigenvalue weighted by molar-refractivity contribution is 5.94. The lowest BCUT2D eigenvalue weighted by Crippen LogP contribution is -2.46. The molecule has 32 heavy (non-hydrogen) atoms. The molecule has 2 aromatic rings. The van der Waals surface area contributed by atoms with Gasteiger partial charge in [0.1, 0.15) is 11.5 Å². The number of benzene rings is 1. The molecule has 0 N–H and O–H groups in total. The van der Waals surface area contributed by atoms with Crippen LogP contribution in [0.15, 0.2) is 30.5 Å². The van der Waals surface area contributed by atoms with Crippen molar-refractivity contribution in [1.82, 2.24) is 14.8 Å². The molecule has 0 radical (unpaired) electrons. The van der Waals surface area contributed by atoms with E-state index in [9.17, 15) is 22.4 Å². The summed E-state index contributed by atoms with van der Waals surface area (Å²) in [4.78, 5) is 21.7. The van der Waals surface area contributed by atoms with Crippen molar-refractivity contribution in [1.29, 1.82) is 0 Å². The number of halogens is 4. The van der Waals surface area contributed by atoms with Gasteiger partial charge >= 0.3 is 6.18 Å². The number of rotatable bonds is 4. The zero-order valence-electron chi connectivity index (χ0n) is 18.1. The van der Waals surface area contributed by atoms with Gasteiger partial charge in [0.2, 0.25) is 0 Å². The van der Waals surface area contributed by atoms with Gasteiger partial charge in [0, 0.05) is 36.5 Å². The van der Waals surface area contributed by atoms with Crippen LogP contribution in [-0.4, -0.2) is 52.9 Å². The maximum Gasteiger partial charge on any atom is 0.419 e. The summed E-state index contributed by atoms with van der Waals surface area (Å²) in [6.45, 7) is 5.44. The summed E-state index contributed by atoms with van der Waals surface area (Å²) in [6.07, 6.45) is 1.32. The Morgan fingerprint density at radius 3 is 2.44 bits per heavy atom. The molecule has 4 rings (SSSR count). The largest absolute Gasteiger partial charge is 0.419 e. The Kier molecular flexibility index (Phi) is 6.51. The van der Waals surface area contributed by atoms with Gasteiger partial charge in [-0.15, -0.1) is 0 Å². The normalized spacial score (nSPS) is 18.3. The quantitative estimate of drug-likeness (QED) is 0.605. The van der Waals surface area contributed by atoms with Gasteiger partial charge in [-0.2, -0.15) is 13.2 Å². The average Bonchev–Trinajstić information content (AvgIpc) is 3.33. The topological polar surface area (TPSA) is 36.4 Å². The number of aromatic nitrogens is 1. The van der Waals surface area contributed by atoms with Crippen LogP contribution in [0, 0.1) is 5.82 Å². The fourth-order valence-electron chi connectivity index (χ4n) is 4.78. The summed E-state index contributed by atoms with van der Waals surface area (Å²) < 4.78 is 53.8. The minimum atomic E-state index is -4.78. The first kappa shape index (κ1) is 22.7. The second kappa shape index (κ2) is 9.17. The van der Waals surface area contributed by atoms with Crippen molar-refractivity contribution >= 4 is 5.91 Å². The Morgan fingerprint density at radius 2 is 1.81 bits per heavy atom. The number of nitrogens with zero attached hydrogens (tertiary/aromatic N) is 3. The van der Waals surface area contributed by atoms with Crippen molar-refractivity contribution in [3.8, 4) is 11.1 Å². The molecule has 2 aliphatic rings. The molecule has 2 saturated heterocycles. The summed E-state index contributed by atoms with van der Waals surface area (Å²) >= 11 is 0. The van der Waals surface area contributed by atoms with E-state index in [1.54, 1.807) is 11.0 Å². The number of hydrogen-bond acceptors (Lipinski definition) is 3. The first-order valence-corrected chi connectivity index (χ1v) is 11.2. The number of pyridine rings is 1. The summed E-state index contributed by atoms with van der Waals surface area (Å²) in [6, 6.07) is 5.29. The number of carbonyl (C=O) groups excluding carboxylic acids is 1. The standard InChI is InChI=1S/C24H27F4N3O/c1-2-16-14-17(19-6-5-7-20(21(19)25)24(26,27)28)15-29-22(16)23(32)31-12-8-18(9-13-31)30-10-3-4-11-30/h5-7,14-15,18H,2-4,8-13H2,1H3. The number of likely N-dealkylation sites (tertiary alicyclic amines) is 2. The van der Waals surface area contributed by atoms with Crippen molar-refractivity contribution in [2.75, 3.05) is 26.2 Å². The Morgan fingerprint density at radius 1 is 1.12 bits per heavy atom. The molecule has 172 valence electrons. The molecule has 0 bridgehead atoms. The molecule has 8 heteroatoms. The molecule has 3 heterocycles. The number of aryl methyl sites for hydroxylation is 1. The second-order valence-corrected chi connectivity index (χ2v) is 8.52. The van der Waals surface area contributed by atoms with E-state index in [1.807, 2.05) is 6.92 Å². The lowest BCUT2D eigenvalue weighted by molar-refractivity contribution is -0.139. The summed E-state index contributed by atoms with van der Waals surface area (Å²) in [5, 5.41) is 0. The highest BCUT2D eigenvalue weighted by atomic mass is 19.4. The van der Waals surface area contributed by atoms with Crippen LogP contribution in [0.3, 0.4) is 0 Å². The summed E-state index contributed by atoms with van der Waals surface area (Å²) in [5.74, 6) is -1.50. The van der Waals surface area contributed by atoms with Crippen LogP contribution in [0.4, 0.5) is 17.6 Å². The number of amides is 1. The Balaban J connectivity index is 1.54. The Bertz CT molecular complexity index is 978. The van der Waals surface area contributed by atoms with Crippen molar-refractivity contribution in [2.45, 2.75) is 51.2 Å². The average molecular weight is 449 g/mol. The van der Waals surface area contributed by atoms with E-state index < -0.39 is 17.6 Å². The minimum absolute atomic E-state index is 0.169. The van der Waals surface area contributed by atoms with Crippen LogP contribution in [0.2, 0.25) is 0 Å². The van der Waals surface area contributed by atoms with Crippen molar-refractivity contribution in [3.05, 3.63) is 53.1 Å². The molecule has 1 amide bonds. The number of carbonyl (C=O) groups is 1. The first-order chi connectivity index (χ1) is 15.3. The van der Waals surface area contributed by atoms with Crippen LogP contribution in [-0.2, 0) is 12.6 Å². The molecule has 2 aliphatic heterocycles. The van der Waals surface area contributed by atoms with Crippen molar-refractivity contribution in [2.24, 2.45) is 0 Å². The van der Waals surface area contributed by atoms with Gasteiger partial charge in [0.05, 0.1) is 5.56 Å². The molecule has 1 aromatic carbocycles. The smallest absolute Gasteiger partial charge is 0.337 e. The zero-order chi connectivity index (χ0) is 22.9. The van der Waals surface area contributed by atoms with Gasteiger partial charge in [-0.05, 0) is 62.9 Å². The molecular weight excluding hydrogens is 422 g/mol. The second-order valence-electron chi connectivity index (χ2n) is 8.52. The van der Waals surface area contributed by atoms with E-state index in [0.717, 1.165) is 32.0 Å². The van der Waals surface area contributed by atoms with E-state index in [2.05, 4.69) is 9.88 Å². The molecular formula is C24H27F4N3O. The third kappa shape index (κ3) is 4.51. The minimum Gasteiger partial charge on any atom is -0.337 e. The van der Waals surface area contributed by atoms with Gasteiger partial charge in [0.25, 0.3) is 5.91 Å². The zero-order valence-corrected chi connectivity index (χ0v) is 18.1. The maximum atomic E-state index is 14.6. The van der Waals surface area contributed by atoms with E-state index in [0.29, 0.717) is 36.8 Å². The van der Waals surface area contributed by atoms with E-state index in [4.69, 9.17) is 0 Å². The highest BCUT2D eigenvalue weighted by Gasteiger charge is 2.35. The Hall–Kier alpha value is -2.48. The molecule has 0 aliphatic carbocycles. The van der Waals surface area contributed by atoms with E-state index >= 15 is 0 Å². The SMILES string of the molecule is CCc1cc(-c2cccc(C(F)(F)F)c2F)cnc1C(=O)N1CCC(N2CCCC2)CC1. The van der Waals surface area contributed by atoms with Crippen LogP contribution in [0.25, 0.3) is 11.1 Å². The predicted octanol–water partition coefficient (Wildman–Crippen LogP) is 5.17. The molecule has 0 atom stereocenters. The molecule has 4 nitrogen and oxygen atoms in total. The molecule has 2 fully saturated rings. The van der Waals surface area contributed by atoms with Gasteiger partial charge in [-0.1, -0.05) is 19.1 Å². The fraction of sp³-hybridized carbons (Fsp3) is 0.500. The molecule has 1 aromatic heterocycles. The third-order valence-corrected chi connectivity index (χ3v) is 6.57. The van der Waals surface area contributed by atoms with Gasteiger partial charge in [-0.25, -0.2) is 4.39 Å². The van der Waals surface area contributed by atoms with Gasteiger partial charge < -0.3 is 9.80 Å². The predicted molar refractivity (Wildman–Crippen MR) is 114 cm³/mol. The van der Waals surface area contributed by atoms with Crippen LogP contribution >= 0.6 is 0 Å². The maximum absolute atomic E-state index is 14.6. The molecule has 0 saturated carbocycles. The highest BCUT2D eigenvalue weighted by Crippen LogP contribution is 2.36. The lowest BCUT2D eigenvalue weighted by Gasteiger charge is -2.36. The third-order valence-electron chi connectivity index (χ3n) is 6.57. The first-order valence-electron chi connectivity index (χ1n) is 11.2. The Labute approximate surface area is 185 Å². The van der Waals surface area contributed by atoms with Crippen LogP contribution in [0.5, 0.6) is 0 Å². The fourth-order valence-corrected chi connectivity index (χ4v) is 4.78. The molecule has 0 spiro atoms. The van der Waals surface area contributed by atoms with Gasteiger partial charge in [0.15, 0.2) is 0 Å². The van der Waals surface area contributed by atoms with E-state index in [1.165, 1.54) is 31.2 Å². The van der Waals surface area contributed by atoms with Gasteiger partial charge in [-0.3, -0.25) is 9.78 Å².